The lowest BCUT2D eigenvalue weighted by Crippen LogP contribution is -2.36. The zero-order valence-corrected chi connectivity index (χ0v) is 10.4. The average molecular weight is 254 g/mol. The number of nitrogens with zero attached hydrogens (tertiary/aromatic N) is 2. The highest BCUT2D eigenvalue weighted by molar-refractivity contribution is 5.85. The molecule has 0 saturated carbocycles. The summed E-state index contributed by atoms with van der Waals surface area (Å²) in [6.45, 7) is 4.18. The first-order valence-electron chi connectivity index (χ1n) is 6.15. The second-order valence-corrected chi connectivity index (χ2v) is 4.84. The van der Waals surface area contributed by atoms with Crippen LogP contribution in [0, 0.1) is 5.92 Å². The van der Waals surface area contributed by atoms with Gasteiger partial charge in [-0.25, -0.2) is 4.79 Å². The molecule has 1 aliphatic rings. The zero-order chi connectivity index (χ0) is 13.1. The minimum atomic E-state index is -1.07. The number of carboxylic acid groups (broad SMARTS) is 1. The van der Waals surface area contributed by atoms with Crippen LogP contribution in [0.5, 0.6) is 0 Å². The summed E-state index contributed by atoms with van der Waals surface area (Å²) in [7, 11) is 0. The second-order valence-electron chi connectivity index (χ2n) is 4.84. The van der Waals surface area contributed by atoms with Crippen molar-refractivity contribution in [3.8, 4) is 0 Å². The molecule has 0 aromatic carbocycles. The number of aliphatic hydroxyl groups is 1. The summed E-state index contributed by atoms with van der Waals surface area (Å²) < 4.78 is 4.98. The highest BCUT2D eigenvalue weighted by Crippen LogP contribution is 2.21. The molecule has 1 aromatic rings. The number of aromatic carboxylic acids is 1. The van der Waals surface area contributed by atoms with Crippen LogP contribution in [-0.2, 0) is 6.54 Å². The van der Waals surface area contributed by atoms with Crippen molar-refractivity contribution in [2.75, 3.05) is 13.1 Å². The van der Waals surface area contributed by atoms with Crippen molar-refractivity contribution in [3.05, 3.63) is 17.5 Å². The molecule has 2 heterocycles. The quantitative estimate of drug-likeness (QED) is 0.832. The van der Waals surface area contributed by atoms with E-state index in [2.05, 4.69) is 10.1 Å². The van der Waals surface area contributed by atoms with Gasteiger partial charge in [0.1, 0.15) is 0 Å². The maximum Gasteiger partial charge on any atom is 0.358 e. The first-order valence-corrected chi connectivity index (χ1v) is 6.15. The SMILES string of the molecule is CC(O)C1CCN(Cc2cc(C(=O)O)no2)CC1. The van der Waals surface area contributed by atoms with Gasteiger partial charge in [-0.15, -0.1) is 0 Å². The molecule has 2 N–H and O–H groups in total. The Morgan fingerprint density at radius 1 is 1.61 bits per heavy atom. The number of carboxylic acids is 1. The molecule has 0 bridgehead atoms. The standard InChI is InChI=1S/C12H18N2O4/c1-8(15)9-2-4-14(5-3-9)7-10-6-11(12(16)17)13-18-10/h6,8-9,15H,2-5,7H2,1H3,(H,16,17). The number of aliphatic hydroxyl groups excluding tert-OH is 1. The average Bonchev–Trinajstić information content (AvgIpc) is 2.78. The number of aromatic nitrogens is 1. The molecule has 1 atom stereocenters. The van der Waals surface area contributed by atoms with Crippen LogP contribution < -0.4 is 0 Å². The van der Waals surface area contributed by atoms with E-state index in [0.717, 1.165) is 25.9 Å². The van der Waals surface area contributed by atoms with Crippen molar-refractivity contribution in [1.82, 2.24) is 10.1 Å². The van der Waals surface area contributed by atoms with Gasteiger partial charge in [0.05, 0.1) is 12.6 Å². The van der Waals surface area contributed by atoms with Crippen molar-refractivity contribution >= 4 is 5.97 Å². The summed E-state index contributed by atoms with van der Waals surface area (Å²) in [4.78, 5) is 12.8. The Hall–Kier alpha value is -1.40. The van der Waals surface area contributed by atoms with E-state index < -0.39 is 5.97 Å². The van der Waals surface area contributed by atoms with Gasteiger partial charge in [-0.3, -0.25) is 4.90 Å². The molecule has 0 amide bonds. The predicted molar refractivity (Wildman–Crippen MR) is 63.1 cm³/mol. The molecule has 100 valence electrons. The van der Waals surface area contributed by atoms with Crippen LogP contribution in [0.4, 0.5) is 0 Å². The first kappa shape index (κ1) is 13.0. The number of carbonyl (C=O) groups is 1. The van der Waals surface area contributed by atoms with Crippen LogP contribution in [0.25, 0.3) is 0 Å². The number of hydrogen-bond acceptors (Lipinski definition) is 5. The zero-order valence-electron chi connectivity index (χ0n) is 10.4. The van der Waals surface area contributed by atoms with Crippen molar-refractivity contribution in [2.24, 2.45) is 5.92 Å². The fourth-order valence-electron chi connectivity index (χ4n) is 2.30. The summed E-state index contributed by atoms with van der Waals surface area (Å²) in [5, 5.41) is 21.7. The molecule has 0 aliphatic carbocycles. The Labute approximate surface area is 105 Å². The molecule has 2 rings (SSSR count). The van der Waals surface area contributed by atoms with Crippen LogP contribution in [0.1, 0.15) is 36.0 Å². The van der Waals surface area contributed by atoms with Crippen LogP contribution in [0.2, 0.25) is 0 Å². The smallest absolute Gasteiger partial charge is 0.358 e. The van der Waals surface area contributed by atoms with E-state index >= 15 is 0 Å². The number of hydrogen-bond donors (Lipinski definition) is 2. The molecular weight excluding hydrogens is 236 g/mol. The third-order valence-corrected chi connectivity index (χ3v) is 3.47. The first-order chi connectivity index (χ1) is 8.56. The van der Waals surface area contributed by atoms with E-state index in [4.69, 9.17) is 9.63 Å². The molecule has 1 saturated heterocycles. The Bertz CT molecular complexity index is 408. The third kappa shape index (κ3) is 3.08. The van der Waals surface area contributed by atoms with Gasteiger partial charge in [0, 0.05) is 6.07 Å². The van der Waals surface area contributed by atoms with Crippen molar-refractivity contribution < 1.29 is 19.5 Å². The molecule has 1 aromatic heterocycles. The van der Waals surface area contributed by atoms with Gasteiger partial charge < -0.3 is 14.7 Å². The van der Waals surface area contributed by atoms with Gasteiger partial charge in [0.15, 0.2) is 11.5 Å². The van der Waals surface area contributed by atoms with E-state index in [0.29, 0.717) is 18.2 Å². The molecule has 1 unspecified atom stereocenters. The lowest BCUT2D eigenvalue weighted by Gasteiger charge is -2.32. The second kappa shape index (κ2) is 5.49. The fraction of sp³-hybridized carbons (Fsp3) is 0.667. The normalized spacial score (nSPS) is 19.9. The van der Waals surface area contributed by atoms with E-state index in [1.54, 1.807) is 0 Å². The molecule has 0 radical (unpaired) electrons. The van der Waals surface area contributed by atoms with Crippen LogP contribution in [0.3, 0.4) is 0 Å². The van der Waals surface area contributed by atoms with E-state index in [1.165, 1.54) is 6.07 Å². The number of piperidine rings is 1. The van der Waals surface area contributed by atoms with Crippen molar-refractivity contribution in [3.63, 3.8) is 0 Å². The van der Waals surface area contributed by atoms with Gasteiger partial charge in [-0.05, 0) is 38.8 Å². The van der Waals surface area contributed by atoms with Gasteiger partial charge in [-0.1, -0.05) is 5.16 Å². The Kier molecular flexibility index (Phi) is 3.98. The Balaban J connectivity index is 1.85. The van der Waals surface area contributed by atoms with Crippen LogP contribution in [-0.4, -0.2) is 45.4 Å². The molecule has 1 aliphatic heterocycles. The number of likely N-dealkylation sites (tertiary alicyclic amines) is 1. The predicted octanol–water partition coefficient (Wildman–Crippen LogP) is 0.966. The molecule has 0 spiro atoms. The highest BCUT2D eigenvalue weighted by Gasteiger charge is 2.23. The van der Waals surface area contributed by atoms with Crippen molar-refractivity contribution in [1.29, 1.82) is 0 Å². The Morgan fingerprint density at radius 2 is 2.28 bits per heavy atom. The summed E-state index contributed by atoms with van der Waals surface area (Å²) in [6, 6.07) is 1.46. The molecule has 18 heavy (non-hydrogen) atoms. The minimum Gasteiger partial charge on any atom is -0.476 e. The summed E-state index contributed by atoms with van der Waals surface area (Å²) >= 11 is 0. The lowest BCUT2D eigenvalue weighted by atomic mass is 9.92. The minimum absolute atomic E-state index is 0.0520. The maximum atomic E-state index is 10.7. The summed E-state index contributed by atoms with van der Waals surface area (Å²) in [5.41, 5.74) is -0.0520. The van der Waals surface area contributed by atoms with E-state index in [-0.39, 0.29) is 11.8 Å². The van der Waals surface area contributed by atoms with Gasteiger partial charge in [-0.2, -0.15) is 0 Å². The maximum absolute atomic E-state index is 10.7. The van der Waals surface area contributed by atoms with Crippen LogP contribution in [0.15, 0.2) is 10.6 Å². The highest BCUT2D eigenvalue weighted by atomic mass is 16.5. The van der Waals surface area contributed by atoms with Crippen molar-refractivity contribution in [2.45, 2.75) is 32.4 Å². The fourth-order valence-corrected chi connectivity index (χ4v) is 2.30. The molecule has 6 heteroatoms. The Morgan fingerprint density at radius 3 is 2.78 bits per heavy atom. The van der Waals surface area contributed by atoms with Gasteiger partial charge >= 0.3 is 5.97 Å². The number of rotatable bonds is 4. The summed E-state index contributed by atoms with van der Waals surface area (Å²) in [6.07, 6.45) is 1.66. The monoisotopic (exact) mass is 254 g/mol. The summed E-state index contributed by atoms with van der Waals surface area (Å²) in [5.74, 6) is -0.133. The van der Waals surface area contributed by atoms with Gasteiger partial charge in [0.25, 0.3) is 0 Å². The lowest BCUT2D eigenvalue weighted by molar-refractivity contribution is 0.0665. The molecular formula is C12H18N2O4. The van der Waals surface area contributed by atoms with Crippen LogP contribution >= 0.6 is 0 Å². The van der Waals surface area contributed by atoms with Gasteiger partial charge in [0.2, 0.25) is 0 Å². The molecule has 6 nitrogen and oxygen atoms in total. The topological polar surface area (TPSA) is 86.8 Å². The van der Waals surface area contributed by atoms with E-state index in [9.17, 15) is 9.90 Å². The molecule has 1 fully saturated rings. The largest absolute Gasteiger partial charge is 0.476 e. The third-order valence-electron chi connectivity index (χ3n) is 3.47. The van der Waals surface area contributed by atoms with E-state index in [1.807, 2.05) is 6.92 Å².